The molecule has 0 radical (unpaired) electrons. The van der Waals surface area contributed by atoms with E-state index in [4.69, 9.17) is 37.4 Å². The highest BCUT2D eigenvalue weighted by molar-refractivity contribution is 6.35. The van der Waals surface area contributed by atoms with E-state index in [1.54, 1.807) is 36.7 Å². The summed E-state index contributed by atoms with van der Waals surface area (Å²) in [4.78, 5) is 21.1. The predicted molar refractivity (Wildman–Crippen MR) is 170 cm³/mol. The Morgan fingerprint density at radius 2 is 1.56 bits per heavy atom. The summed E-state index contributed by atoms with van der Waals surface area (Å²) < 4.78 is 18.2. The van der Waals surface area contributed by atoms with Crippen LogP contribution in [0.2, 0.25) is 10.0 Å². The van der Waals surface area contributed by atoms with Gasteiger partial charge in [0.2, 0.25) is 0 Å². The second kappa shape index (κ2) is 12.8. The minimum atomic E-state index is -0.944. The van der Waals surface area contributed by atoms with Crippen molar-refractivity contribution >= 4 is 46.2 Å². The fraction of sp³-hybridized carbons (Fsp3) is 0.273. The maximum absolute atomic E-state index is 12.4. The average Bonchev–Trinajstić information content (AvgIpc) is 3.42. The molecule has 10 heteroatoms. The molecule has 4 aromatic rings. The number of hydrogen-bond acceptors (Lipinski definition) is 7. The Hall–Kier alpha value is -3.82. The van der Waals surface area contributed by atoms with Crippen LogP contribution in [0, 0.1) is 0 Å². The highest BCUT2D eigenvalue weighted by Gasteiger charge is 2.40. The topological polar surface area (TPSA) is 76.2 Å². The number of aromatic nitrogens is 1. The molecule has 43 heavy (non-hydrogen) atoms. The Morgan fingerprint density at radius 3 is 2.19 bits per heavy atom. The molecule has 0 aliphatic carbocycles. The van der Waals surface area contributed by atoms with Crippen LogP contribution < -0.4 is 19.9 Å². The zero-order chi connectivity index (χ0) is 29.8. The van der Waals surface area contributed by atoms with Gasteiger partial charge in [-0.25, -0.2) is 0 Å². The molecule has 1 aromatic heterocycles. The van der Waals surface area contributed by atoms with Gasteiger partial charge in [-0.1, -0.05) is 29.3 Å². The van der Waals surface area contributed by atoms with Crippen molar-refractivity contribution in [3.63, 3.8) is 0 Å². The Kier molecular flexibility index (Phi) is 8.72. The van der Waals surface area contributed by atoms with E-state index >= 15 is 0 Å². The number of carbonyl (C=O) groups excluding carboxylic acids is 1. The molecule has 0 bridgehead atoms. The van der Waals surface area contributed by atoms with Crippen molar-refractivity contribution in [1.29, 1.82) is 0 Å². The van der Waals surface area contributed by atoms with Crippen molar-refractivity contribution in [1.82, 2.24) is 4.98 Å². The number of rotatable bonds is 8. The summed E-state index contributed by atoms with van der Waals surface area (Å²) in [7, 11) is 0. The van der Waals surface area contributed by atoms with E-state index < -0.39 is 5.79 Å². The van der Waals surface area contributed by atoms with Crippen LogP contribution in [0.1, 0.15) is 22.8 Å². The van der Waals surface area contributed by atoms with Gasteiger partial charge in [-0.15, -0.1) is 0 Å². The lowest BCUT2D eigenvalue weighted by molar-refractivity contribution is -0.164. The van der Waals surface area contributed by atoms with Gasteiger partial charge >= 0.3 is 0 Å². The lowest BCUT2D eigenvalue weighted by Gasteiger charge is -2.37. The molecule has 2 aliphatic rings. The molecule has 2 fully saturated rings. The highest BCUT2D eigenvalue weighted by Crippen LogP contribution is 2.38. The van der Waals surface area contributed by atoms with Crippen LogP contribution in [0.4, 0.5) is 17.1 Å². The summed E-state index contributed by atoms with van der Waals surface area (Å²) in [6.45, 7) is 6.23. The van der Waals surface area contributed by atoms with Gasteiger partial charge in [0.05, 0.1) is 11.6 Å². The first-order valence-electron chi connectivity index (χ1n) is 14.2. The van der Waals surface area contributed by atoms with Crippen LogP contribution in [-0.2, 0) is 15.3 Å². The van der Waals surface area contributed by atoms with Crippen molar-refractivity contribution in [3.05, 3.63) is 112 Å². The zero-order valence-corrected chi connectivity index (χ0v) is 25.2. The number of amides is 1. The van der Waals surface area contributed by atoms with Gasteiger partial charge in [-0.2, -0.15) is 0 Å². The SMILES string of the molecule is C[C@@]1(c2ccc(Cl)cc2Cl)OC[C@@H](COc2ccc(N3CCN(c4ccc(NC(=O)c5ccncc5)cc4)CC3)cc2)O1. The number of halogens is 2. The summed E-state index contributed by atoms with van der Waals surface area (Å²) in [6.07, 6.45) is 2.99. The Bertz CT molecular complexity index is 1550. The number of nitrogens with one attached hydrogen (secondary N) is 1. The largest absolute Gasteiger partial charge is 0.491 e. The Morgan fingerprint density at radius 1 is 0.930 bits per heavy atom. The van der Waals surface area contributed by atoms with Gasteiger partial charge in [-0.3, -0.25) is 9.78 Å². The Balaban J connectivity index is 0.964. The first-order chi connectivity index (χ1) is 20.9. The minimum absolute atomic E-state index is 0.149. The fourth-order valence-corrected chi connectivity index (χ4v) is 5.93. The molecular formula is C33H32Cl2N4O4. The Labute approximate surface area is 261 Å². The summed E-state index contributed by atoms with van der Waals surface area (Å²) in [5.41, 5.74) is 4.38. The van der Waals surface area contributed by atoms with Crippen LogP contribution in [0.5, 0.6) is 5.75 Å². The first kappa shape index (κ1) is 29.3. The molecular weight excluding hydrogens is 587 g/mol. The zero-order valence-electron chi connectivity index (χ0n) is 23.7. The second-order valence-electron chi connectivity index (χ2n) is 10.6. The van der Waals surface area contributed by atoms with Crippen LogP contribution in [0.3, 0.4) is 0 Å². The number of ether oxygens (including phenoxy) is 3. The van der Waals surface area contributed by atoms with Gasteiger partial charge in [-0.05, 0) is 79.7 Å². The van der Waals surface area contributed by atoms with E-state index in [0.29, 0.717) is 28.8 Å². The van der Waals surface area contributed by atoms with Crippen LogP contribution >= 0.6 is 23.2 Å². The fourth-order valence-electron chi connectivity index (χ4n) is 5.35. The van der Waals surface area contributed by atoms with Crippen LogP contribution in [-0.4, -0.2) is 56.4 Å². The third-order valence-electron chi connectivity index (χ3n) is 7.71. The number of anilines is 3. The van der Waals surface area contributed by atoms with Crippen molar-refractivity contribution in [2.75, 3.05) is 54.5 Å². The quantitative estimate of drug-likeness (QED) is 0.237. The monoisotopic (exact) mass is 618 g/mol. The molecule has 2 aliphatic heterocycles. The molecule has 1 amide bonds. The molecule has 2 atom stereocenters. The van der Waals surface area contributed by atoms with Gasteiger partial charge in [0.15, 0.2) is 5.79 Å². The van der Waals surface area contributed by atoms with Crippen molar-refractivity contribution in [2.24, 2.45) is 0 Å². The van der Waals surface area contributed by atoms with Crippen molar-refractivity contribution in [2.45, 2.75) is 18.8 Å². The molecule has 0 spiro atoms. The van der Waals surface area contributed by atoms with Crippen molar-refractivity contribution < 1.29 is 19.0 Å². The van der Waals surface area contributed by atoms with Gasteiger partial charge < -0.3 is 29.3 Å². The third-order valence-corrected chi connectivity index (χ3v) is 8.25. The molecule has 3 heterocycles. The molecule has 222 valence electrons. The molecule has 1 N–H and O–H groups in total. The first-order valence-corrected chi connectivity index (χ1v) is 14.9. The molecule has 2 saturated heterocycles. The van der Waals surface area contributed by atoms with Gasteiger partial charge in [0.1, 0.15) is 18.5 Å². The smallest absolute Gasteiger partial charge is 0.255 e. The number of benzene rings is 3. The summed E-state index contributed by atoms with van der Waals surface area (Å²) >= 11 is 12.4. The molecule has 8 nitrogen and oxygen atoms in total. The maximum atomic E-state index is 12.4. The van der Waals surface area contributed by atoms with Gasteiger partial charge in [0, 0.05) is 71.8 Å². The number of hydrogen-bond donors (Lipinski definition) is 1. The third kappa shape index (κ3) is 6.89. The maximum Gasteiger partial charge on any atom is 0.255 e. The van der Waals surface area contributed by atoms with E-state index in [-0.39, 0.29) is 12.0 Å². The normalized spacial score (nSPS) is 20.2. The summed E-state index contributed by atoms with van der Waals surface area (Å²) in [5.74, 6) is -0.316. The summed E-state index contributed by atoms with van der Waals surface area (Å²) in [6, 6.07) is 24.8. The number of nitrogens with zero attached hydrogens (tertiary/aromatic N) is 3. The van der Waals surface area contributed by atoms with E-state index in [9.17, 15) is 4.79 Å². The van der Waals surface area contributed by atoms with Crippen molar-refractivity contribution in [3.8, 4) is 5.75 Å². The van der Waals surface area contributed by atoms with E-state index in [1.165, 1.54) is 0 Å². The van der Waals surface area contributed by atoms with Crippen LogP contribution in [0.25, 0.3) is 0 Å². The van der Waals surface area contributed by atoms with E-state index in [1.807, 2.05) is 37.3 Å². The standard InChI is InChI=1S/C33H32Cl2N4O4/c1-33(30-11-2-24(34)20-31(30)35)42-22-29(43-33)21-41-28-9-7-27(8-10-28)39-18-16-38(17-19-39)26-5-3-25(4-6-26)37-32(40)23-12-14-36-15-13-23/h2-15,20,29H,16-19,21-22H2,1H3,(H,37,40)/t29-,33-/m1/s1. The summed E-state index contributed by atoms with van der Waals surface area (Å²) in [5, 5.41) is 4.01. The molecule has 3 aromatic carbocycles. The lowest BCUT2D eigenvalue weighted by atomic mass is 10.1. The molecule has 0 saturated carbocycles. The number of carbonyl (C=O) groups is 1. The molecule has 6 rings (SSSR count). The van der Waals surface area contributed by atoms with E-state index in [2.05, 4.69) is 44.4 Å². The average molecular weight is 620 g/mol. The number of piperazine rings is 1. The molecule has 0 unspecified atom stereocenters. The van der Waals surface area contributed by atoms with Gasteiger partial charge in [0.25, 0.3) is 5.91 Å². The predicted octanol–water partition coefficient (Wildman–Crippen LogP) is 6.63. The number of pyridine rings is 1. The minimum Gasteiger partial charge on any atom is -0.491 e. The van der Waals surface area contributed by atoms with Crippen LogP contribution in [0.15, 0.2) is 91.3 Å². The van der Waals surface area contributed by atoms with E-state index in [0.717, 1.165) is 54.6 Å². The lowest BCUT2D eigenvalue weighted by Crippen LogP contribution is -2.46. The highest BCUT2D eigenvalue weighted by atomic mass is 35.5. The second-order valence-corrected chi connectivity index (χ2v) is 11.5.